The van der Waals surface area contributed by atoms with Gasteiger partial charge in [-0.1, -0.05) is 39.4 Å². The van der Waals surface area contributed by atoms with Crippen molar-refractivity contribution in [3.8, 4) is 0 Å². The van der Waals surface area contributed by atoms with Crippen LogP contribution in [0.4, 0.5) is 0 Å². The van der Waals surface area contributed by atoms with E-state index in [4.69, 9.17) is 0 Å². The van der Waals surface area contributed by atoms with Crippen molar-refractivity contribution in [3.05, 3.63) is 36.9 Å². The summed E-state index contributed by atoms with van der Waals surface area (Å²) in [6.45, 7) is 4.18. The number of rotatable bonds is 9. The Morgan fingerprint density at radius 2 is 2.14 bits per heavy atom. The van der Waals surface area contributed by atoms with Gasteiger partial charge in [-0.25, -0.2) is 4.68 Å². The van der Waals surface area contributed by atoms with Crippen LogP contribution in [0, 0.1) is 11.8 Å². The monoisotopic (exact) mass is 563 g/mol. The van der Waals surface area contributed by atoms with E-state index in [2.05, 4.69) is 32.8 Å². The summed E-state index contributed by atoms with van der Waals surface area (Å²) in [6.07, 6.45) is 2.44. The normalized spacial score (nSPS) is 31.2. The first-order valence-electron chi connectivity index (χ1n) is 11.5. The zero-order chi connectivity index (χ0) is 24.9. The Labute approximate surface area is 214 Å². The molecule has 35 heavy (non-hydrogen) atoms. The van der Waals surface area contributed by atoms with Gasteiger partial charge < -0.3 is 20.0 Å². The molecule has 1 aromatic heterocycles. The third-order valence-corrected chi connectivity index (χ3v) is 10.5. The average molecular weight is 564 g/mol. The van der Waals surface area contributed by atoms with Gasteiger partial charge in [0.2, 0.25) is 11.8 Å². The molecule has 10 nitrogen and oxygen atoms in total. The van der Waals surface area contributed by atoms with Crippen molar-refractivity contribution in [1.29, 1.82) is 0 Å². The predicted molar refractivity (Wildman–Crippen MR) is 133 cm³/mol. The second-order valence-corrected chi connectivity index (χ2v) is 11.9. The number of thioether (sulfide) groups is 1. The number of benzene rings is 1. The minimum atomic E-state index is -1.01. The molecule has 2 amide bonds. The molecule has 1 spiro atoms. The van der Waals surface area contributed by atoms with Crippen LogP contribution in [0.15, 0.2) is 36.9 Å². The van der Waals surface area contributed by atoms with Crippen LogP contribution in [0.5, 0.6) is 0 Å². The van der Waals surface area contributed by atoms with Gasteiger partial charge in [0.25, 0.3) is 0 Å². The van der Waals surface area contributed by atoms with Crippen LogP contribution in [-0.2, 0) is 21.1 Å². The third kappa shape index (κ3) is 3.68. The van der Waals surface area contributed by atoms with E-state index in [1.165, 1.54) is 16.7 Å². The van der Waals surface area contributed by atoms with E-state index in [1.54, 1.807) is 15.7 Å². The second-order valence-electron chi connectivity index (χ2n) is 9.18. The number of carbonyl (C=O) groups is 3. The first-order valence-corrected chi connectivity index (χ1v) is 13.3. The van der Waals surface area contributed by atoms with Crippen molar-refractivity contribution in [2.75, 3.05) is 19.7 Å². The van der Waals surface area contributed by atoms with Crippen LogP contribution in [0.25, 0.3) is 11.0 Å². The first kappa shape index (κ1) is 24.3. The SMILES string of the molecule is C=CCN(Cn1nnc2ccccc21)C(=O)C1N(CCCO)C(=O)[C@@H]2[C@H](C(=O)O)[C@H]3SC12CC3Br. The number of aliphatic hydroxyl groups excluding tert-OH is 1. The molecule has 3 saturated heterocycles. The number of carboxylic acid groups (broad SMARTS) is 1. The topological polar surface area (TPSA) is 129 Å². The van der Waals surface area contributed by atoms with Gasteiger partial charge in [0.15, 0.2) is 0 Å². The average Bonchev–Trinajstić information content (AvgIpc) is 3.54. The smallest absolute Gasteiger partial charge is 0.308 e. The number of para-hydroxylation sites is 1. The largest absolute Gasteiger partial charge is 0.481 e. The number of likely N-dealkylation sites (tertiary alicyclic amines) is 1. The first-order chi connectivity index (χ1) is 16.8. The summed E-state index contributed by atoms with van der Waals surface area (Å²) in [6, 6.07) is 6.59. The van der Waals surface area contributed by atoms with Crippen molar-refractivity contribution in [3.63, 3.8) is 0 Å². The molecule has 1 aromatic carbocycles. The van der Waals surface area contributed by atoms with Crippen molar-refractivity contribution < 1.29 is 24.6 Å². The van der Waals surface area contributed by atoms with Gasteiger partial charge in [0, 0.05) is 29.8 Å². The molecule has 3 unspecified atom stereocenters. The molecule has 0 aliphatic carbocycles. The highest BCUT2D eigenvalue weighted by atomic mass is 79.9. The minimum absolute atomic E-state index is 0.110. The maximum atomic E-state index is 14.2. The van der Waals surface area contributed by atoms with E-state index < -0.39 is 28.6 Å². The van der Waals surface area contributed by atoms with Crippen molar-refractivity contribution in [2.45, 2.75) is 40.4 Å². The molecule has 3 fully saturated rings. The molecule has 0 radical (unpaired) electrons. The number of hydrogen-bond acceptors (Lipinski definition) is 7. The van der Waals surface area contributed by atoms with Gasteiger partial charge in [0.05, 0.1) is 22.1 Å². The Hall–Kier alpha value is -2.44. The fraction of sp³-hybridized carbons (Fsp3) is 0.522. The van der Waals surface area contributed by atoms with Gasteiger partial charge in [-0.05, 0) is 25.0 Å². The highest BCUT2D eigenvalue weighted by Crippen LogP contribution is 2.67. The summed E-state index contributed by atoms with van der Waals surface area (Å²) in [5.74, 6) is -3.26. The number of fused-ring (bicyclic) bond motifs is 2. The van der Waals surface area contributed by atoms with Crippen LogP contribution >= 0.6 is 27.7 Å². The number of carbonyl (C=O) groups excluding carboxylic acids is 2. The van der Waals surface area contributed by atoms with Crippen LogP contribution in [0.2, 0.25) is 0 Å². The zero-order valence-electron chi connectivity index (χ0n) is 18.9. The standard InChI is InChI=1S/C23H26BrN5O5S/c1-2-8-27(12-29-15-7-4-3-6-14(15)25-26-29)21(32)19-23-11-13(24)18(35-23)16(22(33)34)17(23)20(31)28(19)9-5-10-30/h2-4,6-7,13,16-19,30H,1,5,8-12H2,(H,33,34)/t13?,16-,17-,18-,19?,23?/m0/s1. The fourth-order valence-electron chi connectivity index (χ4n) is 5.90. The molecule has 0 saturated carbocycles. The number of amides is 2. The highest BCUT2D eigenvalue weighted by molar-refractivity contribution is 9.09. The molecule has 2 aromatic rings. The Kier molecular flexibility index (Phi) is 6.39. The van der Waals surface area contributed by atoms with Gasteiger partial charge in [0.1, 0.15) is 18.2 Å². The lowest BCUT2D eigenvalue weighted by Gasteiger charge is -2.37. The number of aliphatic hydroxyl groups is 1. The van der Waals surface area contributed by atoms with Crippen LogP contribution < -0.4 is 0 Å². The number of hydrogen-bond donors (Lipinski definition) is 2. The second kappa shape index (κ2) is 9.21. The quantitative estimate of drug-likeness (QED) is 0.345. The Morgan fingerprint density at radius 1 is 1.37 bits per heavy atom. The molecular weight excluding hydrogens is 538 g/mol. The van der Waals surface area contributed by atoms with Gasteiger partial charge in [-0.2, -0.15) is 0 Å². The summed E-state index contributed by atoms with van der Waals surface area (Å²) in [5, 5.41) is 27.5. The number of aromatic nitrogens is 3. The maximum Gasteiger partial charge on any atom is 0.308 e. The Morgan fingerprint density at radius 3 is 2.86 bits per heavy atom. The Bertz CT molecular complexity index is 1190. The van der Waals surface area contributed by atoms with Crippen molar-refractivity contribution in [2.24, 2.45) is 11.8 Å². The predicted octanol–water partition coefficient (Wildman–Crippen LogP) is 1.34. The van der Waals surface area contributed by atoms with E-state index >= 15 is 0 Å². The number of aliphatic carboxylic acids is 1. The lowest BCUT2D eigenvalue weighted by atomic mass is 9.71. The fourth-order valence-corrected chi connectivity index (χ4v) is 9.50. The number of halogens is 1. The zero-order valence-corrected chi connectivity index (χ0v) is 21.3. The number of nitrogens with zero attached hydrogens (tertiary/aromatic N) is 5. The summed E-state index contributed by atoms with van der Waals surface area (Å²) in [7, 11) is 0. The van der Waals surface area contributed by atoms with Crippen molar-refractivity contribution >= 4 is 56.5 Å². The molecule has 2 bridgehead atoms. The highest BCUT2D eigenvalue weighted by Gasteiger charge is 2.75. The van der Waals surface area contributed by atoms with Crippen molar-refractivity contribution in [1.82, 2.24) is 24.8 Å². The third-order valence-electron chi connectivity index (χ3n) is 7.25. The number of alkyl halides is 1. The van der Waals surface area contributed by atoms with Gasteiger partial charge in [-0.3, -0.25) is 14.4 Å². The van der Waals surface area contributed by atoms with E-state index in [1.807, 2.05) is 24.3 Å². The molecule has 3 aliphatic heterocycles. The van der Waals surface area contributed by atoms with Crippen LogP contribution in [0.3, 0.4) is 0 Å². The van der Waals surface area contributed by atoms with E-state index in [9.17, 15) is 24.6 Å². The molecule has 2 N–H and O–H groups in total. The molecule has 186 valence electrons. The molecule has 12 heteroatoms. The van der Waals surface area contributed by atoms with Gasteiger partial charge >= 0.3 is 5.97 Å². The molecular formula is C23H26BrN5O5S. The molecule has 5 rings (SSSR count). The summed E-state index contributed by atoms with van der Waals surface area (Å²) in [4.78, 5) is 43.0. The maximum absolute atomic E-state index is 14.2. The summed E-state index contributed by atoms with van der Waals surface area (Å²) < 4.78 is 0.780. The summed E-state index contributed by atoms with van der Waals surface area (Å²) in [5.41, 5.74) is 1.47. The molecule has 3 aliphatic rings. The Balaban J connectivity index is 1.53. The van der Waals surface area contributed by atoms with Crippen LogP contribution in [-0.4, -0.2) is 93.4 Å². The molecule has 6 atom stereocenters. The van der Waals surface area contributed by atoms with E-state index in [-0.39, 0.29) is 48.3 Å². The lowest BCUT2D eigenvalue weighted by Crippen LogP contribution is -2.55. The molecule has 4 heterocycles. The summed E-state index contributed by atoms with van der Waals surface area (Å²) >= 11 is 5.09. The van der Waals surface area contributed by atoms with Crippen LogP contribution in [0.1, 0.15) is 12.8 Å². The van der Waals surface area contributed by atoms with E-state index in [0.29, 0.717) is 18.4 Å². The van der Waals surface area contributed by atoms with Gasteiger partial charge in [-0.15, -0.1) is 23.4 Å². The lowest BCUT2D eigenvalue weighted by molar-refractivity contribution is -0.148. The van der Waals surface area contributed by atoms with E-state index in [0.717, 1.165) is 5.52 Å². The number of carboxylic acids is 1. The minimum Gasteiger partial charge on any atom is -0.481 e.